The van der Waals surface area contributed by atoms with Crippen LogP contribution in [0.2, 0.25) is 0 Å². The average molecular weight is 540 g/mol. The second-order valence-electron chi connectivity index (χ2n) is 8.22. The number of rotatable bonds is 8. The molecule has 1 fully saturated rings. The van der Waals surface area contributed by atoms with E-state index in [1.807, 2.05) is 18.5 Å². The zero-order valence-corrected chi connectivity index (χ0v) is 21.5. The van der Waals surface area contributed by atoms with Crippen LogP contribution in [0.25, 0.3) is 0 Å². The van der Waals surface area contributed by atoms with Crippen LogP contribution in [0.1, 0.15) is 39.4 Å². The van der Waals surface area contributed by atoms with Crippen molar-refractivity contribution in [2.45, 2.75) is 52.7 Å². The van der Waals surface area contributed by atoms with E-state index in [4.69, 9.17) is 9.73 Å². The van der Waals surface area contributed by atoms with Gasteiger partial charge in [-0.25, -0.2) is 9.98 Å². The fourth-order valence-corrected chi connectivity index (χ4v) is 3.85. The van der Waals surface area contributed by atoms with Crippen LogP contribution in [0, 0.1) is 5.92 Å². The van der Waals surface area contributed by atoms with Gasteiger partial charge >= 0.3 is 0 Å². The molecule has 0 amide bonds. The Balaban J connectivity index is 0.00000341. The topological polar surface area (TPSA) is 66.7 Å². The summed E-state index contributed by atoms with van der Waals surface area (Å²) in [6, 6.07) is 8.64. The Morgan fingerprint density at radius 2 is 2.19 bits per heavy atom. The summed E-state index contributed by atoms with van der Waals surface area (Å²) in [6.07, 6.45) is 6.18. The lowest BCUT2D eigenvalue weighted by atomic mass is 10.0. The van der Waals surface area contributed by atoms with Gasteiger partial charge < -0.3 is 24.8 Å². The predicted molar refractivity (Wildman–Crippen MR) is 139 cm³/mol. The molecular weight excluding hydrogens is 503 g/mol. The number of aromatic nitrogens is 2. The van der Waals surface area contributed by atoms with Crippen LogP contribution in [-0.4, -0.2) is 48.3 Å². The molecule has 0 bridgehead atoms. The van der Waals surface area contributed by atoms with Crippen LogP contribution in [0.15, 0.2) is 41.7 Å². The van der Waals surface area contributed by atoms with Crippen molar-refractivity contribution in [3.05, 3.63) is 42.5 Å². The minimum Gasteiger partial charge on any atom is -0.497 e. The van der Waals surface area contributed by atoms with Crippen molar-refractivity contribution in [3.63, 3.8) is 0 Å². The molecule has 1 aromatic heterocycles. The fourth-order valence-electron chi connectivity index (χ4n) is 3.85. The van der Waals surface area contributed by atoms with Crippen LogP contribution >= 0.6 is 24.0 Å². The lowest BCUT2D eigenvalue weighted by Gasteiger charge is -2.35. The molecule has 0 saturated carbocycles. The van der Waals surface area contributed by atoms with Crippen molar-refractivity contribution < 1.29 is 4.74 Å². The number of ether oxygens (including phenoxy) is 1. The van der Waals surface area contributed by atoms with Crippen molar-refractivity contribution in [2.75, 3.05) is 31.6 Å². The molecule has 3 rings (SSSR count). The third-order valence-electron chi connectivity index (χ3n) is 5.27. The minimum atomic E-state index is 0. The summed E-state index contributed by atoms with van der Waals surface area (Å²) in [5.41, 5.74) is 1.21. The minimum absolute atomic E-state index is 0. The van der Waals surface area contributed by atoms with Crippen LogP contribution in [0.5, 0.6) is 5.75 Å². The van der Waals surface area contributed by atoms with Gasteiger partial charge in [-0.3, -0.25) is 0 Å². The van der Waals surface area contributed by atoms with Gasteiger partial charge in [-0.1, -0.05) is 19.9 Å². The average Bonchev–Trinajstić information content (AvgIpc) is 3.18. The zero-order chi connectivity index (χ0) is 21.3. The summed E-state index contributed by atoms with van der Waals surface area (Å²) in [6.45, 7) is 10.9. The Hall–Kier alpha value is -1.97. The van der Waals surface area contributed by atoms with Gasteiger partial charge in [0, 0.05) is 56.4 Å². The summed E-state index contributed by atoms with van der Waals surface area (Å²) in [4.78, 5) is 11.7. The molecule has 0 aliphatic carbocycles. The molecule has 1 aliphatic rings. The van der Waals surface area contributed by atoms with E-state index < -0.39 is 0 Å². The van der Waals surface area contributed by atoms with Gasteiger partial charge in [-0.15, -0.1) is 24.0 Å². The molecule has 1 aliphatic heterocycles. The number of nitrogens with zero attached hydrogens (tertiary/aromatic N) is 4. The monoisotopic (exact) mass is 540 g/mol. The second-order valence-corrected chi connectivity index (χ2v) is 8.22. The van der Waals surface area contributed by atoms with Crippen LogP contribution in [0.4, 0.5) is 5.69 Å². The maximum Gasteiger partial charge on any atom is 0.191 e. The molecular formula is C23H37IN6O. The number of halogens is 1. The highest BCUT2D eigenvalue weighted by molar-refractivity contribution is 14.0. The van der Waals surface area contributed by atoms with E-state index >= 15 is 0 Å². The van der Waals surface area contributed by atoms with Crippen LogP contribution in [-0.2, 0) is 13.1 Å². The van der Waals surface area contributed by atoms with E-state index in [9.17, 15) is 0 Å². The standard InChI is InChI=1S/C23H36N6O.HI/c1-5-24-23(26-15-22-25-11-13-29(22)16-18(2)3)27-19-8-7-12-28(17-19)20-9-6-10-21(14-20)30-4;/h6,9-11,13-14,18-19H,5,7-8,12,15-17H2,1-4H3,(H2,24,26,27);1H. The third kappa shape index (κ3) is 7.59. The summed E-state index contributed by atoms with van der Waals surface area (Å²) in [7, 11) is 1.71. The van der Waals surface area contributed by atoms with Crippen LogP contribution in [0.3, 0.4) is 0 Å². The molecule has 1 atom stereocenters. The number of benzene rings is 1. The number of hydrogen-bond donors (Lipinski definition) is 2. The number of guanidine groups is 1. The highest BCUT2D eigenvalue weighted by Crippen LogP contribution is 2.24. The number of anilines is 1. The molecule has 2 N–H and O–H groups in total. The molecule has 0 spiro atoms. The lowest BCUT2D eigenvalue weighted by molar-refractivity contribution is 0.414. The Morgan fingerprint density at radius 1 is 1.35 bits per heavy atom. The summed E-state index contributed by atoms with van der Waals surface area (Å²) >= 11 is 0. The first-order chi connectivity index (χ1) is 14.6. The quantitative estimate of drug-likeness (QED) is 0.302. The normalized spacial score (nSPS) is 16.7. The van der Waals surface area contributed by atoms with Gasteiger partial charge in [0.1, 0.15) is 18.1 Å². The maximum absolute atomic E-state index is 5.39. The highest BCUT2D eigenvalue weighted by atomic mass is 127. The number of nitrogens with one attached hydrogen (secondary N) is 2. The lowest BCUT2D eigenvalue weighted by Crippen LogP contribution is -2.51. The molecule has 172 valence electrons. The van der Waals surface area contributed by atoms with Gasteiger partial charge in [-0.05, 0) is 37.8 Å². The molecule has 0 radical (unpaired) electrons. The van der Waals surface area contributed by atoms with Crippen LogP contribution < -0.4 is 20.3 Å². The SMILES string of the molecule is CCNC(=NCc1nccn1CC(C)C)NC1CCCN(c2cccc(OC)c2)C1.I. The number of aliphatic imine (C=N–C) groups is 1. The van der Waals surface area contributed by atoms with E-state index in [2.05, 4.69) is 64.1 Å². The van der Waals surface area contributed by atoms with Gasteiger partial charge in [0.05, 0.1) is 7.11 Å². The molecule has 7 nitrogen and oxygen atoms in total. The third-order valence-corrected chi connectivity index (χ3v) is 5.27. The van der Waals surface area contributed by atoms with E-state index in [0.29, 0.717) is 18.5 Å². The Labute approximate surface area is 203 Å². The van der Waals surface area contributed by atoms with E-state index in [1.165, 1.54) is 5.69 Å². The Kier molecular flexibility index (Phi) is 10.4. The first kappa shape index (κ1) is 25.3. The van der Waals surface area contributed by atoms with Gasteiger partial charge in [0.15, 0.2) is 5.96 Å². The van der Waals surface area contributed by atoms with E-state index in [0.717, 1.165) is 56.6 Å². The van der Waals surface area contributed by atoms with E-state index in [1.54, 1.807) is 7.11 Å². The smallest absolute Gasteiger partial charge is 0.191 e. The first-order valence-electron chi connectivity index (χ1n) is 11.0. The van der Waals surface area contributed by atoms with Gasteiger partial charge in [-0.2, -0.15) is 0 Å². The molecule has 1 aromatic carbocycles. The summed E-state index contributed by atoms with van der Waals surface area (Å²) in [5.74, 6) is 3.34. The van der Waals surface area contributed by atoms with Gasteiger partial charge in [0.2, 0.25) is 0 Å². The first-order valence-corrected chi connectivity index (χ1v) is 11.0. The maximum atomic E-state index is 5.39. The van der Waals surface area contributed by atoms with Crippen molar-refractivity contribution >= 4 is 35.6 Å². The molecule has 31 heavy (non-hydrogen) atoms. The van der Waals surface area contributed by atoms with Crippen molar-refractivity contribution in [1.29, 1.82) is 0 Å². The number of hydrogen-bond acceptors (Lipinski definition) is 4. The number of piperidine rings is 1. The number of methoxy groups -OCH3 is 1. The fraction of sp³-hybridized carbons (Fsp3) is 0.565. The Bertz CT molecular complexity index is 822. The van der Waals surface area contributed by atoms with Crippen molar-refractivity contribution in [3.8, 4) is 5.75 Å². The zero-order valence-electron chi connectivity index (χ0n) is 19.2. The second kappa shape index (κ2) is 12.8. The molecule has 2 heterocycles. The molecule has 8 heteroatoms. The molecule has 1 saturated heterocycles. The summed E-state index contributed by atoms with van der Waals surface area (Å²) < 4.78 is 7.59. The predicted octanol–water partition coefficient (Wildman–Crippen LogP) is 3.89. The van der Waals surface area contributed by atoms with E-state index in [-0.39, 0.29) is 24.0 Å². The highest BCUT2D eigenvalue weighted by Gasteiger charge is 2.21. The summed E-state index contributed by atoms with van der Waals surface area (Å²) in [5, 5.41) is 7.03. The molecule has 1 unspecified atom stereocenters. The number of imidazole rings is 1. The van der Waals surface area contributed by atoms with Gasteiger partial charge in [0.25, 0.3) is 0 Å². The van der Waals surface area contributed by atoms with Crippen molar-refractivity contribution in [2.24, 2.45) is 10.9 Å². The van der Waals surface area contributed by atoms with Crippen molar-refractivity contribution in [1.82, 2.24) is 20.2 Å². The Morgan fingerprint density at radius 3 is 2.94 bits per heavy atom. The largest absolute Gasteiger partial charge is 0.497 e. The molecule has 2 aromatic rings.